The van der Waals surface area contributed by atoms with Crippen molar-refractivity contribution in [3.63, 3.8) is 0 Å². The summed E-state index contributed by atoms with van der Waals surface area (Å²) in [5.41, 5.74) is 1.28. The summed E-state index contributed by atoms with van der Waals surface area (Å²) in [4.78, 5) is 36.4. The third kappa shape index (κ3) is 2.79. The summed E-state index contributed by atoms with van der Waals surface area (Å²) in [6.45, 7) is 0.314. The van der Waals surface area contributed by atoms with Gasteiger partial charge >= 0.3 is 0 Å². The Bertz CT molecular complexity index is 830. The topological polar surface area (TPSA) is 86.6 Å². The first-order valence-corrected chi connectivity index (χ1v) is 9.12. The zero-order valence-corrected chi connectivity index (χ0v) is 15.4. The van der Waals surface area contributed by atoms with Crippen molar-refractivity contribution in [3.05, 3.63) is 58.6 Å². The van der Waals surface area contributed by atoms with Gasteiger partial charge in [-0.2, -0.15) is 0 Å². The molecule has 1 aromatic carbocycles. The number of aromatic nitrogens is 2. The van der Waals surface area contributed by atoms with E-state index in [1.165, 1.54) is 23.5 Å². The average Bonchev–Trinajstić information content (AvgIpc) is 2.65. The molecule has 4 rings (SSSR count). The first-order chi connectivity index (χ1) is 12.6. The number of carbonyl (C=O) groups excluding carboxylic acids is 2. The Hall–Kier alpha value is -2.32. The second-order valence-corrected chi connectivity index (χ2v) is 7.39. The summed E-state index contributed by atoms with van der Waals surface area (Å²) >= 11 is 3.42. The molecule has 2 saturated heterocycles. The largest absolute Gasteiger partial charge is 0.394 e. The van der Waals surface area contributed by atoms with E-state index in [1.807, 2.05) is 24.3 Å². The minimum atomic E-state index is -0.298. The van der Waals surface area contributed by atoms with E-state index in [4.69, 9.17) is 0 Å². The minimum absolute atomic E-state index is 0.00450. The monoisotopic (exact) mass is 416 g/mol. The molecule has 26 heavy (non-hydrogen) atoms. The number of piperazine rings is 1. The molecule has 2 amide bonds. The van der Waals surface area contributed by atoms with Gasteiger partial charge in [0.05, 0.1) is 24.9 Å². The molecule has 7 nitrogen and oxygen atoms in total. The number of amides is 2. The molecule has 3 heterocycles. The van der Waals surface area contributed by atoms with Crippen molar-refractivity contribution in [1.29, 1.82) is 0 Å². The second-order valence-electron chi connectivity index (χ2n) is 6.47. The van der Waals surface area contributed by atoms with Crippen molar-refractivity contribution >= 4 is 27.7 Å². The molecule has 2 aliphatic heterocycles. The van der Waals surface area contributed by atoms with E-state index in [9.17, 15) is 14.7 Å². The van der Waals surface area contributed by atoms with Crippen molar-refractivity contribution in [2.24, 2.45) is 0 Å². The number of fused-ring (bicyclic) bond motifs is 1. The van der Waals surface area contributed by atoms with E-state index in [1.54, 1.807) is 4.90 Å². The smallest absolute Gasteiger partial charge is 0.274 e. The molecule has 3 atom stereocenters. The highest BCUT2D eigenvalue weighted by atomic mass is 79.9. The van der Waals surface area contributed by atoms with E-state index >= 15 is 0 Å². The van der Waals surface area contributed by atoms with E-state index in [0.29, 0.717) is 6.54 Å². The molecule has 2 fully saturated rings. The lowest BCUT2D eigenvalue weighted by molar-refractivity contribution is -0.159. The van der Waals surface area contributed by atoms with Crippen LogP contribution in [-0.4, -0.2) is 68.5 Å². The number of halogens is 1. The highest BCUT2D eigenvalue weighted by molar-refractivity contribution is 9.10. The molecule has 0 spiro atoms. The van der Waals surface area contributed by atoms with E-state index in [0.717, 1.165) is 10.0 Å². The Kier molecular flexibility index (Phi) is 4.46. The number of aliphatic hydroxyl groups is 1. The number of nitrogens with zero attached hydrogens (tertiary/aromatic N) is 4. The maximum Gasteiger partial charge on any atom is 0.274 e. The van der Waals surface area contributed by atoms with E-state index in [2.05, 4.69) is 25.9 Å². The maximum absolute atomic E-state index is 12.7. The Balaban J connectivity index is 1.59. The van der Waals surface area contributed by atoms with Gasteiger partial charge in [-0.25, -0.2) is 4.98 Å². The van der Waals surface area contributed by atoms with Crippen molar-refractivity contribution in [2.45, 2.75) is 18.0 Å². The number of carbonyl (C=O) groups is 2. The fourth-order valence-corrected chi connectivity index (χ4v) is 4.18. The van der Waals surface area contributed by atoms with E-state index < -0.39 is 0 Å². The summed E-state index contributed by atoms with van der Waals surface area (Å²) < 4.78 is 0.970. The molecule has 2 aliphatic rings. The summed E-state index contributed by atoms with van der Waals surface area (Å²) in [7, 11) is 0. The van der Waals surface area contributed by atoms with Crippen molar-refractivity contribution in [1.82, 2.24) is 19.8 Å². The first-order valence-electron chi connectivity index (χ1n) is 8.33. The minimum Gasteiger partial charge on any atom is -0.394 e. The second kappa shape index (κ2) is 6.77. The molecule has 2 aromatic rings. The average molecular weight is 417 g/mol. The van der Waals surface area contributed by atoms with Crippen LogP contribution in [0.25, 0.3) is 0 Å². The van der Waals surface area contributed by atoms with Gasteiger partial charge in [-0.05, 0) is 17.7 Å². The molecule has 0 radical (unpaired) electrons. The first kappa shape index (κ1) is 17.1. The van der Waals surface area contributed by atoms with Crippen molar-refractivity contribution in [3.8, 4) is 0 Å². The zero-order chi connectivity index (χ0) is 18.3. The quantitative estimate of drug-likeness (QED) is 0.807. The van der Waals surface area contributed by atoms with Crippen LogP contribution < -0.4 is 0 Å². The predicted octanol–water partition coefficient (Wildman–Crippen LogP) is 1.05. The van der Waals surface area contributed by atoms with Crippen LogP contribution in [0.2, 0.25) is 0 Å². The Morgan fingerprint density at radius 1 is 1.27 bits per heavy atom. The normalized spacial score (nSPS) is 24.8. The van der Waals surface area contributed by atoms with Gasteiger partial charge in [-0.1, -0.05) is 28.1 Å². The lowest BCUT2D eigenvalue weighted by Gasteiger charge is -2.58. The van der Waals surface area contributed by atoms with Gasteiger partial charge < -0.3 is 14.9 Å². The van der Waals surface area contributed by atoms with Crippen LogP contribution in [0.1, 0.15) is 22.0 Å². The van der Waals surface area contributed by atoms with Crippen LogP contribution in [0.4, 0.5) is 0 Å². The SMILES string of the molecule is O=C(c1cnccn1)N1CC(=O)N2[C@H](C1)[C@@H](c1ccc(Br)cc1)[C@@H]2CO. The molecular formula is C18H17BrN4O3. The summed E-state index contributed by atoms with van der Waals surface area (Å²) in [6.07, 6.45) is 4.37. The van der Waals surface area contributed by atoms with Crippen LogP contribution in [0.5, 0.6) is 0 Å². The number of benzene rings is 1. The summed E-state index contributed by atoms with van der Waals surface area (Å²) in [5, 5.41) is 9.78. The molecule has 0 saturated carbocycles. The lowest BCUT2D eigenvalue weighted by Crippen LogP contribution is -2.73. The standard InChI is InChI=1S/C18H17BrN4O3/c19-12-3-1-11(2-4-12)17-14-8-22(9-16(25)23(14)15(17)10-24)18(26)13-7-20-5-6-21-13/h1-7,14-15,17,24H,8-10H2/t14-,15+,17-/m1/s1. The molecule has 0 bridgehead atoms. The van der Waals surface area contributed by atoms with Gasteiger partial charge in [0.15, 0.2) is 0 Å². The van der Waals surface area contributed by atoms with Crippen LogP contribution in [0.15, 0.2) is 47.3 Å². The highest BCUT2D eigenvalue weighted by Crippen LogP contribution is 2.43. The van der Waals surface area contributed by atoms with Gasteiger partial charge in [0.1, 0.15) is 12.2 Å². The maximum atomic E-state index is 12.7. The number of aliphatic hydroxyl groups excluding tert-OH is 1. The van der Waals surface area contributed by atoms with Crippen LogP contribution in [-0.2, 0) is 4.79 Å². The third-order valence-electron chi connectivity index (χ3n) is 5.08. The number of hydrogen-bond donors (Lipinski definition) is 1. The predicted molar refractivity (Wildman–Crippen MR) is 96.3 cm³/mol. The van der Waals surface area contributed by atoms with Crippen LogP contribution in [0, 0.1) is 0 Å². The molecule has 8 heteroatoms. The van der Waals surface area contributed by atoms with Crippen LogP contribution >= 0.6 is 15.9 Å². The third-order valence-corrected chi connectivity index (χ3v) is 5.61. The van der Waals surface area contributed by atoms with Gasteiger partial charge in [0.2, 0.25) is 5.91 Å². The van der Waals surface area contributed by atoms with E-state index in [-0.39, 0.29) is 48.7 Å². The molecule has 1 aromatic heterocycles. The van der Waals surface area contributed by atoms with Gasteiger partial charge in [0.25, 0.3) is 5.91 Å². The molecule has 134 valence electrons. The lowest BCUT2D eigenvalue weighted by atomic mass is 9.74. The zero-order valence-electron chi connectivity index (χ0n) is 13.8. The molecular weight excluding hydrogens is 400 g/mol. The molecule has 1 N–H and O–H groups in total. The number of rotatable bonds is 3. The van der Waals surface area contributed by atoms with Gasteiger partial charge in [-0.15, -0.1) is 0 Å². The fourth-order valence-electron chi connectivity index (χ4n) is 3.91. The number of hydrogen-bond acceptors (Lipinski definition) is 5. The molecule has 0 unspecified atom stereocenters. The summed E-state index contributed by atoms with van der Waals surface area (Å²) in [5.74, 6) is -0.450. The summed E-state index contributed by atoms with van der Waals surface area (Å²) in [6, 6.07) is 7.47. The fraction of sp³-hybridized carbons (Fsp3) is 0.333. The van der Waals surface area contributed by atoms with Crippen molar-refractivity contribution in [2.75, 3.05) is 19.7 Å². The van der Waals surface area contributed by atoms with Gasteiger partial charge in [0, 0.05) is 29.3 Å². The van der Waals surface area contributed by atoms with Gasteiger partial charge in [-0.3, -0.25) is 14.6 Å². The Labute approximate surface area is 158 Å². The molecule has 0 aliphatic carbocycles. The van der Waals surface area contributed by atoms with Crippen molar-refractivity contribution < 1.29 is 14.7 Å². The van der Waals surface area contributed by atoms with Crippen LogP contribution in [0.3, 0.4) is 0 Å². The Morgan fingerprint density at radius 2 is 2.04 bits per heavy atom. The Morgan fingerprint density at radius 3 is 2.69 bits per heavy atom. The highest BCUT2D eigenvalue weighted by Gasteiger charge is 2.54.